The molecule has 0 saturated heterocycles. The van der Waals surface area contributed by atoms with Gasteiger partial charge in [-0.25, -0.2) is 13.2 Å². The van der Waals surface area contributed by atoms with E-state index in [-0.39, 0.29) is 10.0 Å². The molecule has 0 aromatic heterocycles. The summed E-state index contributed by atoms with van der Waals surface area (Å²) in [7, 11) is 0. The van der Waals surface area contributed by atoms with Crippen LogP contribution in [0.4, 0.5) is 13.2 Å². The van der Waals surface area contributed by atoms with E-state index < -0.39 is 29.4 Å². The van der Waals surface area contributed by atoms with Crippen molar-refractivity contribution >= 4 is 21.8 Å². The second kappa shape index (κ2) is 6.30. The lowest BCUT2D eigenvalue weighted by Crippen LogP contribution is -2.27. The van der Waals surface area contributed by atoms with E-state index in [0.717, 1.165) is 12.1 Å². The number of benzene rings is 2. The predicted molar refractivity (Wildman–Crippen MR) is 76.3 cm³/mol. The summed E-state index contributed by atoms with van der Waals surface area (Å²) in [5, 5.41) is 2.54. The number of hydrogen-bond acceptors (Lipinski definition) is 1. The summed E-state index contributed by atoms with van der Waals surface area (Å²) in [6.07, 6.45) is 0. The number of hydrogen-bond donors (Lipinski definition) is 1. The molecule has 2 aromatic rings. The smallest absolute Gasteiger partial charge is 0.254 e. The summed E-state index contributed by atoms with van der Waals surface area (Å²) in [4.78, 5) is 12.0. The van der Waals surface area contributed by atoms with Crippen molar-refractivity contribution in [3.8, 4) is 0 Å². The molecular formula is C15H11BrF3NO. The molecule has 2 aromatic carbocycles. The Morgan fingerprint density at radius 3 is 2.52 bits per heavy atom. The monoisotopic (exact) mass is 357 g/mol. The summed E-state index contributed by atoms with van der Waals surface area (Å²) < 4.78 is 40.0. The van der Waals surface area contributed by atoms with E-state index in [1.807, 2.05) is 0 Å². The molecule has 0 aliphatic carbocycles. The van der Waals surface area contributed by atoms with Crippen LogP contribution in [0.2, 0.25) is 0 Å². The molecule has 0 aliphatic heterocycles. The molecule has 0 fully saturated rings. The van der Waals surface area contributed by atoms with E-state index in [1.165, 1.54) is 24.3 Å². The maximum Gasteiger partial charge on any atom is 0.254 e. The summed E-state index contributed by atoms with van der Waals surface area (Å²) in [6.45, 7) is 1.60. The first-order valence-electron chi connectivity index (χ1n) is 6.10. The number of nitrogens with one attached hydrogen (secondary N) is 1. The van der Waals surface area contributed by atoms with Crippen LogP contribution in [0.1, 0.15) is 28.9 Å². The topological polar surface area (TPSA) is 29.1 Å². The molecule has 0 saturated carbocycles. The number of amides is 1. The van der Waals surface area contributed by atoms with Crippen LogP contribution in [0.3, 0.4) is 0 Å². The van der Waals surface area contributed by atoms with Crippen LogP contribution in [0.5, 0.6) is 0 Å². The highest BCUT2D eigenvalue weighted by molar-refractivity contribution is 9.10. The molecule has 0 heterocycles. The molecule has 1 amide bonds. The maximum atomic E-state index is 13.8. The van der Waals surface area contributed by atoms with Crippen LogP contribution in [0.15, 0.2) is 40.9 Å². The molecule has 2 nitrogen and oxygen atoms in total. The molecule has 21 heavy (non-hydrogen) atoms. The molecule has 0 spiro atoms. The molecule has 0 bridgehead atoms. The number of rotatable bonds is 3. The van der Waals surface area contributed by atoms with Gasteiger partial charge in [-0.1, -0.05) is 12.1 Å². The first-order valence-corrected chi connectivity index (χ1v) is 6.89. The fourth-order valence-electron chi connectivity index (χ4n) is 1.82. The van der Waals surface area contributed by atoms with Gasteiger partial charge in [-0.15, -0.1) is 0 Å². The summed E-state index contributed by atoms with van der Waals surface area (Å²) >= 11 is 3.00. The van der Waals surface area contributed by atoms with Gasteiger partial charge in [-0.2, -0.15) is 0 Å². The van der Waals surface area contributed by atoms with Crippen molar-refractivity contribution in [2.24, 2.45) is 0 Å². The van der Waals surface area contributed by atoms with E-state index in [2.05, 4.69) is 21.2 Å². The van der Waals surface area contributed by atoms with Crippen LogP contribution in [0, 0.1) is 17.5 Å². The van der Waals surface area contributed by atoms with E-state index in [9.17, 15) is 18.0 Å². The molecule has 110 valence electrons. The first-order chi connectivity index (χ1) is 9.90. The largest absolute Gasteiger partial charge is 0.345 e. The van der Waals surface area contributed by atoms with Gasteiger partial charge in [-0.05, 0) is 52.7 Å². The molecule has 1 N–H and O–H groups in total. The van der Waals surface area contributed by atoms with Gasteiger partial charge in [0.05, 0.1) is 16.1 Å². The Morgan fingerprint density at radius 2 is 1.86 bits per heavy atom. The van der Waals surface area contributed by atoms with Crippen molar-refractivity contribution in [3.05, 3.63) is 69.4 Å². The Kier molecular flexibility index (Phi) is 4.67. The molecule has 0 radical (unpaired) electrons. The predicted octanol–water partition coefficient (Wildman–Crippen LogP) is 4.36. The molecule has 6 heteroatoms. The van der Waals surface area contributed by atoms with Crippen molar-refractivity contribution in [1.82, 2.24) is 5.32 Å². The average Bonchev–Trinajstić information content (AvgIpc) is 2.44. The Morgan fingerprint density at radius 1 is 1.14 bits per heavy atom. The minimum absolute atomic E-state index is 0.126. The third-order valence-electron chi connectivity index (χ3n) is 2.99. The quantitative estimate of drug-likeness (QED) is 0.868. The van der Waals surface area contributed by atoms with Crippen LogP contribution >= 0.6 is 15.9 Å². The van der Waals surface area contributed by atoms with Crippen LogP contribution in [-0.4, -0.2) is 5.91 Å². The Bertz CT molecular complexity index is 691. The third-order valence-corrected chi connectivity index (χ3v) is 3.60. The van der Waals surface area contributed by atoms with Crippen molar-refractivity contribution in [1.29, 1.82) is 0 Å². The highest BCUT2D eigenvalue weighted by atomic mass is 79.9. The van der Waals surface area contributed by atoms with Crippen molar-refractivity contribution in [3.63, 3.8) is 0 Å². The minimum atomic E-state index is -0.998. The number of halogens is 4. The van der Waals surface area contributed by atoms with Gasteiger partial charge in [0, 0.05) is 0 Å². The van der Waals surface area contributed by atoms with Crippen molar-refractivity contribution in [2.75, 3.05) is 0 Å². The third kappa shape index (κ3) is 3.44. The zero-order valence-corrected chi connectivity index (χ0v) is 12.5. The second-order valence-corrected chi connectivity index (χ2v) is 5.32. The standard InChI is InChI=1S/C15H11BrF3NO/c1-8(9-5-6-12(17)13(18)7-9)20-15(21)10-3-2-4-11(16)14(10)19/h2-8H,1H3,(H,20,21). The zero-order chi connectivity index (χ0) is 15.6. The van der Waals surface area contributed by atoms with Crippen LogP contribution in [0.25, 0.3) is 0 Å². The van der Waals surface area contributed by atoms with E-state index in [1.54, 1.807) is 6.92 Å². The van der Waals surface area contributed by atoms with Gasteiger partial charge in [0.1, 0.15) is 5.82 Å². The molecule has 0 aliphatic rings. The van der Waals surface area contributed by atoms with Gasteiger partial charge in [0.2, 0.25) is 0 Å². The highest BCUT2D eigenvalue weighted by Gasteiger charge is 2.17. The Balaban J connectivity index is 2.18. The van der Waals surface area contributed by atoms with Crippen LogP contribution < -0.4 is 5.32 Å². The average molecular weight is 358 g/mol. The molecular weight excluding hydrogens is 347 g/mol. The Labute approximate surface area is 128 Å². The number of carbonyl (C=O) groups is 1. The van der Waals surface area contributed by atoms with E-state index in [4.69, 9.17) is 0 Å². The van der Waals surface area contributed by atoms with Crippen molar-refractivity contribution in [2.45, 2.75) is 13.0 Å². The zero-order valence-electron chi connectivity index (χ0n) is 11.0. The van der Waals surface area contributed by atoms with E-state index in [0.29, 0.717) is 5.56 Å². The van der Waals surface area contributed by atoms with E-state index >= 15 is 0 Å². The van der Waals surface area contributed by atoms with Crippen LogP contribution in [-0.2, 0) is 0 Å². The van der Waals surface area contributed by atoms with Gasteiger partial charge in [0.25, 0.3) is 5.91 Å². The van der Waals surface area contributed by atoms with Crippen molar-refractivity contribution < 1.29 is 18.0 Å². The Hall–Kier alpha value is -1.82. The summed E-state index contributed by atoms with van der Waals surface area (Å²) in [5.41, 5.74) is 0.261. The maximum absolute atomic E-state index is 13.8. The van der Waals surface area contributed by atoms with Gasteiger partial charge in [-0.3, -0.25) is 4.79 Å². The summed E-state index contributed by atoms with van der Waals surface area (Å²) in [6, 6.07) is 7.10. The van der Waals surface area contributed by atoms with Gasteiger partial charge < -0.3 is 5.32 Å². The van der Waals surface area contributed by atoms with Gasteiger partial charge in [0.15, 0.2) is 11.6 Å². The molecule has 1 atom stereocenters. The highest BCUT2D eigenvalue weighted by Crippen LogP contribution is 2.20. The second-order valence-electron chi connectivity index (χ2n) is 4.47. The minimum Gasteiger partial charge on any atom is -0.345 e. The lowest BCUT2D eigenvalue weighted by Gasteiger charge is -2.15. The molecule has 1 unspecified atom stereocenters. The number of carbonyl (C=O) groups excluding carboxylic acids is 1. The normalized spacial score (nSPS) is 12.0. The lowest BCUT2D eigenvalue weighted by molar-refractivity contribution is 0.0935. The SMILES string of the molecule is CC(NC(=O)c1cccc(Br)c1F)c1ccc(F)c(F)c1. The lowest BCUT2D eigenvalue weighted by atomic mass is 10.1. The summed E-state index contributed by atoms with van der Waals surface area (Å²) in [5.74, 6) is -3.27. The van der Waals surface area contributed by atoms with Gasteiger partial charge >= 0.3 is 0 Å². The fraction of sp³-hybridized carbons (Fsp3) is 0.133. The molecule has 2 rings (SSSR count). The first kappa shape index (κ1) is 15.6. The fourth-order valence-corrected chi connectivity index (χ4v) is 2.18.